The quantitative estimate of drug-likeness (QED) is 0.774. The number of carboxylic acids is 1. The molecule has 0 aliphatic carbocycles. The summed E-state index contributed by atoms with van der Waals surface area (Å²) in [5.74, 6) is -0.932. The van der Waals surface area contributed by atoms with Crippen molar-refractivity contribution in [2.45, 2.75) is 45.3 Å². The first-order chi connectivity index (χ1) is 8.20. The molecule has 1 aliphatic rings. The first-order valence-electron chi connectivity index (χ1n) is 6.16. The highest BCUT2D eigenvalue weighted by Gasteiger charge is 2.42. The van der Waals surface area contributed by atoms with E-state index in [4.69, 9.17) is 4.74 Å². The van der Waals surface area contributed by atoms with Crippen molar-refractivity contribution in [3.8, 4) is 0 Å². The summed E-state index contributed by atoms with van der Waals surface area (Å²) in [7, 11) is 0. The Labute approximate surface area is 107 Å². The van der Waals surface area contributed by atoms with Crippen LogP contribution in [-0.4, -0.2) is 52.8 Å². The first-order valence-corrected chi connectivity index (χ1v) is 6.16. The van der Waals surface area contributed by atoms with Crippen LogP contribution in [-0.2, 0) is 9.53 Å². The number of aliphatic carboxylic acids is 1. The maximum Gasteiger partial charge on any atom is 0.410 e. The largest absolute Gasteiger partial charge is 0.480 e. The molecule has 1 fully saturated rings. The minimum absolute atomic E-state index is 0.133. The van der Waals surface area contributed by atoms with Crippen molar-refractivity contribution in [2.24, 2.45) is 0 Å². The van der Waals surface area contributed by atoms with Gasteiger partial charge < -0.3 is 14.7 Å². The molecule has 1 amide bonds. The minimum Gasteiger partial charge on any atom is -0.480 e. The normalized spacial score (nSPS) is 24.8. The van der Waals surface area contributed by atoms with Gasteiger partial charge in [-0.3, -0.25) is 10.1 Å². The van der Waals surface area contributed by atoms with Gasteiger partial charge in [-0.05, 0) is 27.2 Å². The Kier molecular flexibility index (Phi) is 4.21. The van der Waals surface area contributed by atoms with Crippen LogP contribution in [0.25, 0.3) is 0 Å². The van der Waals surface area contributed by atoms with Crippen LogP contribution in [0.15, 0.2) is 0 Å². The fraction of sp³-hybridized carbons (Fsp3) is 0.833. The second-order valence-electron chi connectivity index (χ2n) is 5.57. The fourth-order valence-electron chi connectivity index (χ4n) is 1.90. The molecule has 6 heteroatoms. The molecule has 104 valence electrons. The molecule has 0 bridgehead atoms. The number of nitrogens with zero attached hydrogens (tertiary/aromatic N) is 1. The van der Waals surface area contributed by atoms with Gasteiger partial charge in [-0.2, -0.15) is 0 Å². The second kappa shape index (κ2) is 5.14. The Morgan fingerprint density at radius 1 is 1.44 bits per heavy atom. The van der Waals surface area contributed by atoms with Crippen molar-refractivity contribution in [1.29, 1.82) is 0 Å². The lowest BCUT2D eigenvalue weighted by Crippen LogP contribution is -2.65. The monoisotopic (exact) mass is 258 g/mol. The SMILES string of the molecule is CC[C@@]1(C(=O)O)CN(C(=O)OC(C)(C)C)CCN1. The third kappa shape index (κ3) is 3.35. The summed E-state index contributed by atoms with van der Waals surface area (Å²) in [6.45, 7) is 8.21. The summed E-state index contributed by atoms with van der Waals surface area (Å²) in [6.07, 6.45) is -0.0372. The Balaban J connectivity index is 2.75. The zero-order valence-electron chi connectivity index (χ0n) is 11.4. The molecule has 0 saturated carbocycles. The van der Waals surface area contributed by atoms with Crippen LogP contribution in [0.5, 0.6) is 0 Å². The van der Waals surface area contributed by atoms with Crippen molar-refractivity contribution in [3.05, 3.63) is 0 Å². The lowest BCUT2D eigenvalue weighted by molar-refractivity contribution is -0.147. The summed E-state index contributed by atoms with van der Waals surface area (Å²) in [5, 5.41) is 12.3. The van der Waals surface area contributed by atoms with Crippen molar-refractivity contribution >= 4 is 12.1 Å². The average molecular weight is 258 g/mol. The number of nitrogens with one attached hydrogen (secondary N) is 1. The van der Waals surface area contributed by atoms with Gasteiger partial charge in [-0.25, -0.2) is 4.79 Å². The number of ether oxygens (including phenoxy) is 1. The van der Waals surface area contributed by atoms with Crippen LogP contribution < -0.4 is 5.32 Å². The highest BCUT2D eigenvalue weighted by molar-refractivity contribution is 5.80. The molecule has 0 aromatic rings. The standard InChI is InChI=1S/C12H22N2O4/c1-5-12(9(15)16)8-14(7-6-13-12)10(17)18-11(2,3)4/h13H,5-8H2,1-4H3,(H,15,16)/t12-/m0/s1. The minimum atomic E-state index is -1.06. The number of carbonyl (C=O) groups excluding carboxylic acids is 1. The molecule has 1 heterocycles. The maximum atomic E-state index is 11.9. The van der Waals surface area contributed by atoms with Crippen LogP contribution in [0.2, 0.25) is 0 Å². The third-order valence-corrected chi connectivity index (χ3v) is 2.97. The number of rotatable bonds is 2. The number of hydrogen-bond acceptors (Lipinski definition) is 4. The molecule has 1 atom stereocenters. The molecule has 1 rings (SSSR count). The van der Waals surface area contributed by atoms with Crippen molar-refractivity contribution in [3.63, 3.8) is 0 Å². The van der Waals surface area contributed by atoms with Crippen LogP contribution in [0.1, 0.15) is 34.1 Å². The van der Waals surface area contributed by atoms with E-state index in [-0.39, 0.29) is 6.54 Å². The summed E-state index contributed by atoms with van der Waals surface area (Å²) in [5.41, 5.74) is -1.63. The highest BCUT2D eigenvalue weighted by atomic mass is 16.6. The van der Waals surface area contributed by atoms with E-state index in [1.165, 1.54) is 4.90 Å². The summed E-state index contributed by atoms with van der Waals surface area (Å²) in [4.78, 5) is 24.7. The van der Waals surface area contributed by atoms with Gasteiger partial charge in [-0.15, -0.1) is 0 Å². The number of carbonyl (C=O) groups is 2. The maximum absolute atomic E-state index is 11.9. The van der Waals surface area contributed by atoms with Gasteiger partial charge in [0.15, 0.2) is 0 Å². The van der Waals surface area contributed by atoms with Crippen LogP contribution in [0.3, 0.4) is 0 Å². The first kappa shape index (κ1) is 14.8. The van der Waals surface area contributed by atoms with Gasteiger partial charge in [0.1, 0.15) is 11.1 Å². The number of carboxylic acid groups (broad SMARTS) is 1. The zero-order chi connectivity index (χ0) is 14.0. The van der Waals surface area contributed by atoms with E-state index in [9.17, 15) is 14.7 Å². The molecule has 1 aliphatic heterocycles. The lowest BCUT2D eigenvalue weighted by Gasteiger charge is -2.40. The molecule has 1 saturated heterocycles. The predicted octanol–water partition coefficient (Wildman–Crippen LogP) is 1.06. The van der Waals surface area contributed by atoms with E-state index in [2.05, 4.69) is 5.32 Å². The van der Waals surface area contributed by atoms with E-state index in [1.807, 2.05) is 0 Å². The molecule has 0 aromatic heterocycles. The molecule has 18 heavy (non-hydrogen) atoms. The van der Waals surface area contributed by atoms with E-state index >= 15 is 0 Å². The highest BCUT2D eigenvalue weighted by Crippen LogP contribution is 2.19. The summed E-state index contributed by atoms with van der Waals surface area (Å²) >= 11 is 0. The number of amides is 1. The van der Waals surface area contributed by atoms with Gasteiger partial charge in [0.25, 0.3) is 0 Å². The van der Waals surface area contributed by atoms with Gasteiger partial charge in [0.05, 0.1) is 6.54 Å². The Bertz CT molecular complexity index is 337. The van der Waals surface area contributed by atoms with Gasteiger partial charge in [0.2, 0.25) is 0 Å². The molecule has 6 nitrogen and oxygen atoms in total. The van der Waals surface area contributed by atoms with Crippen LogP contribution >= 0.6 is 0 Å². The molecule has 0 aromatic carbocycles. The smallest absolute Gasteiger partial charge is 0.410 e. The second-order valence-corrected chi connectivity index (χ2v) is 5.57. The summed E-state index contributed by atoms with van der Waals surface area (Å²) in [6, 6.07) is 0. The van der Waals surface area contributed by atoms with Gasteiger partial charge >= 0.3 is 12.1 Å². The Morgan fingerprint density at radius 3 is 2.50 bits per heavy atom. The predicted molar refractivity (Wildman–Crippen MR) is 66.5 cm³/mol. The van der Waals surface area contributed by atoms with E-state index in [0.29, 0.717) is 19.5 Å². The fourth-order valence-corrected chi connectivity index (χ4v) is 1.90. The molecule has 0 spiro atoms. The molecular formula is C12H22N2O4. The Hall–Kier alpha value is -1.30. The van der Waals surface area contributed by atoms with Crippen molar-refractivity contribution in [1.82, 2.24) is 10.2 Å². The van der Waals surface area contributed by atoms with E-state index in [1.54, 1.807) is 27.7 Å². The van der Waals surface area contributed by atoms with Crippen LogP contribution in [0.4, 0.5) is 4.79 Å². The molecular weight excluding hydrogens is 236 g/mol. The Morgan fingerprint density at radius 2 is 2.06 bits per heavy atom. The van der Waals surface area contributed by atoms with Crippen molar-refractivity contribution in [2.75, 3.05) is 19.6 Å². The van der Waals surface area contributed by atoms with E-state index in [0.717, 1.165) is 0 Å². The molecule has 2 N–H and O–H groups in total. The molecule has 0 radical (unpaired) electrons. The van der Waals surface area contributed by atoms with Crippen molar-refractivity contribution < 1.29 is 19.4 Å². The topological polar surface area (TPSA) is 78.9 Å². The van der Waals surface area contributed by atoms with Gasteiger partial charge in [0, 0.05) is 13.1 Å². The van der Waals surface area contributed by atoms with Crippen LogP contribution in [0, 0.1) is 0 Å². The van der Waals surface area contributed by atoms with Gasteiger partial charge in [-0.1, -0.05) is 6.92 Å². The molecule has 0 unspecified atom stereocenters. The van der Waals surface area contributed by atoms with E-state index < -0.39 is 23.2 Å². The average Bonchev–Trinajstić information content (AvgIpc) is 2.26. The number of piperazine rings is 1. The lowest BCUT2D eigenvalue weighted by atomic mass is 9.93. The zero-order valence-corrected chi connectivity index (χ0v) is 11.4. The third-order valence-electron chi connectivity index (χ3n) is 2.97. The number of hydrogen-bond donors (Lipinski definition) is 2. The summed E-state index contributed by atoms with van der Waals surface area (Å²) < 4.78 is 5.26.